The van der Waals surface area contributed by atoms with Gasteiger partial charge in [0.25, 0.3) is 6.43 Å². The molecular weight excluding hydrogens is 180 g/mol. The normalized spacial score (nSPS) is 18.7. The lowest BCUT2D eigenvalue weighted by Gasteiger charge is -2.25. The third-order valence-corrected chi connectivity index (χ3v) is 1.75. The summed E-state index contributed by atoms with van der Waals surface area (Å²) >= 11 is 0. The maximum atomic E-state index is 12.1. The number of rotatable bonds is 6. The lowest BCUT2D eigenvalue weighted by molar-refractivity contribution is -0.105. The molecule has 0 heterocycles. The van der Waals surface area contributed by atoms with Crippen LogP contribution in [0.2, 0.25) is 0 Å². The van der Waals surface area contributed by atoms with Gasteiger partial charge in [-0.15, -0.1) is 0 Å². The summed E-state index contributed by atoms with van der Waals surface area (Å²) in [7, 11) is 0. The lowest BCUT2D eigenvalue weighted by atomic mass is 9.99. The molecular formula is C8H17F2NO2. The Morgan fingerprint density at radius 3 is 2.38 bits per heavy atom. The second-order valence-corrected chi connectivity index (χ2v) is 3.32. The van der Waals surface area contributed by atoms with Crippen LogP contribution in [-0.2, 0) is 0 Å². The first-order chi connectivity index (χ1) is 5.90. The van der Waals surface area contributed by atoms with Crippen LogP contribution >= 0.6 is 0 Å². The van der Waals surface area contributed by atoms with E-state index in [4.69, 9.17) is 5.11 Å². The maximum absolute atomic E-state index is 12.1. The van der Waals surface area contributed by atoms with Gasteiger partial charge in [0.15, 0.2) is 0 Å². The molecule has 0 amide bonds. The molecule has 13 heavy (non-hydrogen) atoms. The molecule has 0 aliphatic heterocycles. The highest BCUT2D eigenvalue weighted by molar-refractivity contribution is 4.79. The molecule has 2 atom stereocenters. The standard InChI is InChI=1S/C8H17F2NO2/c1-3-11-5-6(12)4-8(2,13)7(9)10/h6-7,11-13H,3-5H2,1-2H3/t6-,8+/m0/s1. The van der Waals surface area contributed by atoms with Crippen LogP contribution in [0, 0.1) is 0 Å². The summed E-state index contributed by atoms with van der Waals surface area (Å²) in [6.45, 7) is 3.75. The average molecular weight is 197 g/mol. The minimum Gasteiger partial charge on any atom is -0.392 e. The van der Waals surface area contributed by atoms with Crippen LogP contribution in [0.1, 0.15) is 20.3 Å². The van der Waals surface area contributed by atoms with E-state index in [0.29, 0.717) is 6.54 Å². The van der Waals surface area contributed by atoms with Gasteiger partial charge in [0, 0.05) is 13.0 Å². The highest BCUT2D eigenvalue weighted by Gasteiger charge is 2.34. The van der Waals surface area contributed by atoms with E-state index in [1.54, 1.807) is 0 Å². The molecule has 0 spiro atoms. The molecule has 0 aliphatic rings. The monoisotopic (exact) mass is 197 g/mol. The first-order valence-electron chi connectivity index (χ1n) is 4.29. The minimum absolute atomic E-state index is 0.222. The number of aliphatic hydroxyl groups is 2. The van der Waals surface area contributed by atoms with Gasteiger partial charge < -0.3 is 15.5 Å². The first-order valence-corrected chi connectivity index (χ1v) is 4.29. The van der Waals surface area contributed by atoms with Crippen LogP contribution in [0.5, 0.6) is 0 Å². The summed E-state index contributed by atoms with van der Waals surface area (Å²) in [5.74, 6) is 0. The Morgan fingerprint density at radius 1 is 1.46 bits per heavy atom. The summed E-state index contributed by atoms with van der Waals surface area (Å²) in [5, 5.41) is 21.1. The SMILES string of the molecule is CCNC[C@@H](O)C[C@@](C)(O)C(F)F. The number of alkyl halides is 2. The lowest BCUT2D eigenvalue weighted by Crippen LogP contribution is -2.40. The van der Waals surface area contributed by atoms with Gasteiger partial charge in [-0.2, -0.15) is 0 Å². The molecule has 0 bridgehead atoms. The number of nitrogens with one attached hydrogen (secondary N) is 1. The zero-order chi connectivity index (χ0) is 10.5. The maximum Gasteiger partial charge on any atom is 0.266 e. The Balaban J connectivity index is 3.82. The molecule has 3 N–H and O–H groups in total. The summed E-state index contributed by atoms with van der Waals surface area (Å²) in [4.78, 5) is 0. The van der Waals surface area contributed by atoms with Crippen LogP contribution < -0.4 is 5.32 Å². The number of aliphatic hydroxyl groups excluding tert-OH is 1. The Labute approximate surface area is 76.8 Å². The highest BCUT2D eigenvalue weighted by Crippen LogP contribution is 2.20. The van der Waals surface area contributed by atoms with Gasteiger partial charge in [-0.3, -0.25) is 0 Å². The van der Waals surface area contributed by atoms with Crippen molar-refractivity contribution in [3.63, 3.8) is 0 Å². The second-order valence-electron chi connectivity index (χ2n) is 3.32. The van der Waals surface area contributed by atoms with Gasteiger partial charge in [-0.1, -0.05) is 6.92 Å². The largest absolute Gasteiger partial charge is 0.392 e. The Bertz CT molecular complexity index is 142. The predicted molar refractivity (Wildman–Crippen MR) is 45.8 cm³/mol. The van der Waals surface area contributed by atoms with E-state index in [1.165, 1.54) is 0 Å². The molecule has 0 fully saturated rings. The predicted octanol–water partition coefficient (Wildman–Crippen LogP) is 0.363. The van der Waals surface area contributed by atoms with Gasteiger partial charge >= 0.3 is 0 Å². The number of hydrogen-bond acceptors (Lipinski definition) is 3. The fourth-order valence-corrected chi connectivity index (χ4v) is 0.949. The fourth-order valence-electron chi connectivity index (χ4n) is 0.949. The average Bonchev–Trinajstić information content (AvgIpc) is 1.99. The molecule has 5 heteroatoms. The molecule has 0 aromatic rings. The van der Waals surface area contributed by atoms with Crippen molar-refractivity contribution in [3.8, 4) is 0 Å². The van der Waals surface area contributed by atoms with E-state index in [1.807, 2.05) is 6.92 Å². The van der Waals surface area contributed by atoms with Crippen LogP contribution in [0.15, 0.2) is 0 Å². The van der Waals surface area contributed by atoms with Crippen molar-refractivity contribution in [1.29, 1.82) is 0 Å². The van der Waals surface area contributed by atoms with Crippen LogP contribution in [-0.4, -0.2) is 41.4 Å². The molecule has 0 aliphatic carbocycles. The third kappa shape index (κ3) is 5.13. The summed E-state index contributed by atoms with van der Waals surface area (Å²) < 4.78 is 24.2. The van der Waals surface area contributed by atoms with Crippen LogP contribution in [0.3, 0.4) is 0 Å². The number of halogens is 2. The van der Waals surface area contributed by atoms with Gasteiger partial charge in [0.2, 0.25) is 0 Å². The van der Waals surface area contributed by atoms with Gasteiger partial charge in [-0.25, -0.2) is 8.78 Å². The Kier molecular flexibility index (Phi) is 5.36. The van der Waals surface area contributed by atoms with Crippen molar-refractivity contribution < 1.29 is 19.0 Å². The third-order valence-electron chi connectivity index (χ3n) is 1.75. The molecule has 0 aromatic heterocycles. The van der Waals surface area contributed by atoms with E-state index in [-0.39, 0.29) is 13.0 Å². The molecule has 0 rings (SSSR count). The van der Waals surface area contributed by atoms with E-state index in [9.17, 15) is 13.9 Å². The highest BCUT2D eigenvalue weighted by atomic mass is 19.3. The van der Waals surface area contributed by atoms with Crippen molar-refractivity contribution in [2.24, 2.45) is 0 Å². The van der Waals surface area contributed by atoms with Crippen molar-refractivity contribution in [3.05, 3.63) is 0 Å². The zero-order valence-electron chi connectivity index (χ0n) is 7.93. The summed E-state index contributed by atoms with van der Waals surface area (Å²) in [5.41, 5.74) is -2.10. The van der Waals surface area contributed by atoms with Gasteiger partial charge in [-0.05, 0) is 13.5 Å². The molecule has 0 radical (unpaired) electrons. The second kappa shape index (κ2) is 5.47. The van der Waals surface area contributed by atoms with Gasteiger partial charge in [0.1, 0.15) is 5.60 Å². The zero-order valence-corrected chi connectivity index (χ0v) is 7.93. The van der Waals surface area contributed by atoms with E-state index >= 15 is 0 Å². The van der Waals surface area contributed by atoms with Crippen LogP contribution in [0.25, 0.3) is 0 Å². The van der Waals surface area contributed by atoms with E-state index < -0.39 is 18.1 Å². The van der Waals surface area contributed by atoms with Crippen molar-refractivity contribution >= 4 is 0 Å². The molecule has 0 aromatic carbocycles. The minimum atomic E-state index is -2.83. The number of hydrogen-bond donors (Lipinski definition) is 3. The molecule has 0 saturated carbocycles. The van der Waals surface area contributed by atoms with Crippen LogP contribution in [0.4, 0.5) is 8.78 Å². The topological polar surface area (TPSA) is 52.5 Å². The van der Waals surface area contributed by atoms with E-state index in [0.717, 1.165) is 6.92 Å². The fraction of sp³-hybridized carbons (Fsp3) is 1.00. The molecule has 0 saturated heterocycles. The molecule has 3 nitrogen and oxygen atoms in total. The molecule has 0 unspecified atom stereocenters. The quantitative estimate of drug-likeness (QED) is 0.576. The summed E-state index contributed by atoms with van der Waals surface area (Å²) in [6.07, 6.45) is -4.09. The van der Waals surface area contributed by atoms with Crippen molar-refractivity contribution in [2.75, 3.05) is 13.1 Å². The first kappa shape index (κ1) is 12.7. The van der Waals surface area contributed by atoms with Gasteiger partial charge in [0.05, 0.1) is 6.10 Å². The molecule has 80 valence electrons. The smallest absolute Gasteiger partial charge is 0.266 e. The Morgan fingerprint density at radius 2 is 2.00 bits per heavy atom. The van der Waals surface area contributed by atoms with Crippen molar-refractivity contribution in [1.82, 2.24) is 5.32 Å². The summed E-state index contributed by atoms with van der Waals surface area (Å²) in [6, 6.07) is 0. The number of likely N-dealkylation sites (N-methyl/N-ethyl adjacent to an activating group) is 1. The van der Waals surface area contributed by atoms with E-state index in [2.05, 4.69) is 5.32 Å². The Hall–Kier alpha value is -0.260. The van der Waals surface area contributed by atoms with Crippen molar-refractivity contribution in [2.45, 2.75) is 38.4 Å².